The van der Waals surface area contributed by atoms with E-state index in [1.807, 2.05) is 44.2 Å². The molecule has 0 radical (unpaired) electrons. The second-order valence-corrected chi connectivity index (χ2v) is 5.85. The van der Waals surface area contributed by atoms with E-state index in [-0.39, 0.29) is 11.8 Å². The summed E-state index contributed by atoms with van der Waals surface area (Å²) < 4.78 is 0. The summed E-state index contributed by atoms with van der Waals surface area (Å²) in [4.78, 5) is 24.3. The van der Waals surface area contributed by atoms with Gasteiger partial charge in [-0.3, -0.25) is 9.59 Å². The Kier molecular flexibility index (Phi) is 4.42. The van der Waals surface area contributed by atoms with Crippen molar-refractivity contribution < 1.29 is 9.59 Å². The molecule has 1 saturated carbocycles. The molecule has 1 aliphatic carbocycles. The lowest BCUT2D eigenvalue weighted by atomic mass is 10.0. The van der Waals surface area contributed by atoms with Crippen molar-refractivity contribution in [1.82, 2.24) is 10.6 Å². The first kappa shape index (κ1) is 14.6. The highest BCUT2D eigenvalue weighted by molar-refractivity contribution is 6.07. The Bertz CT molecular complexity index is 479. The van der Waals surface area contributed by atoms with Gasteiger partial charge in [-0.05, 0) is 24.3 Å². The minimum absolute atomic E-state index is 0.128. The summed E-state index contributed by atoms with van der Waals surface area (Å²) in [5, 5.41) is 5.73. The fourth-order valence-corrected chi connectivity index (χ4v) is 2.10. The summed E-state index contributed by atoms with van der Waals surface area (Å²) in [5.41, 5.74) is 0.225. The van der Waals surface area contributed by atoms with Crippen LogP contribution >= 0.6 is 0 Å². The van der Waals surface area contributed by atoms with Crippen molar-refractivity contribution in [3.63, 3.8) is 0 Å². The molecule has 108 valence electrons. The molecule has 0 aliphatic heterocycles. The summed E-state index contributed by atoms with van der Waals surface area (Å²) in [6, 6.07) is 9.72. The van der Waals surface area contributed by atoms with Crippen LogP contribution in [0.1, 0.15) is 32.3 Å². The normalized spacial score (nSPS) is 15.8. The molecule has 0 aromatic heterocycles. The highest BCUT2D eigenvalue weighted by Gasteiger charge is 2.56. The lowest BCUT2D eigenvalue weighted by Gasteiger charge is -2.16. The maximum Gasteiger partial charge on any atom is 0.235 e. The van der Waals surface area contributed by atoms with Gasteiger partial charge in [0.1, 0.15) is 5.41 Å². The zero-order valence-corrected chi connectivity index (χ0v) is 12.1. The van der Waals surface area contributed by atoms with Crippen molar-refractivity contribution >= 4 is 11.8 Å². The molecule has 2 rings (SSSR count). The van der Waals surface area contributed by atoms with Crippen LogP contribution < -0.4 is 10.6 Å². The molecular weight excluding hydrogens is 252 g/mol. The average molecular weight is 274 g/mol. The molecule has 0 bridgehead atoms. The van der Waals surface area contributed by atoms with Crippen LogP contribution in [-0.2, 0) is 16.1 Å². The van der Waals surface area contributed by atoms with Crippen LogP contribution in [0.15, 0.2) is 30.3 Å². The van der Waals surface area contributed by atoms with Crippen molar-refractivity contribution in [2.45, 2.75) is 33.2 Å². The number of rotatable bonds is 6. The van der Waals surface area contributed by atoms with Gasteiger partial charge in [0.25, 0.3) is 0 Å². The minimum Gasteiger partial charge on any atom is -0.355 e. The van der Waals surface area contributed by atoms with E-state index < -0.39 is 5.41 Å². The smallest absolute Gasteiger partial charge is 0.235 e. The maximum atomic E-state index is 12.2. The molecule has 1 aromatic rings. The number of benzene rings is 1. The monoisotopic (exact) mass is 274 g/mol. The van der Waals surface area contributed by atoms with Gasteiger partial charge < -0.3 is 10.6 Å². The third-order valence-corrected chi connectivity index (χ3v) is 3.59. The van der Waals surface area contributed by atoms with Crippen molar-refractivity contribution in [2.75, 3.05) is 6.54 Å². The molecule has 4 nitrogen and oxygen atoms in total. The number of carbonyl (C=O) groups is 2. The minimum atomic E-state index is -0.816. The standard InChI is InChI=1S/C16H22N2O2/c1-12(2)10-17-14(19)16(8-9-16)15(20)18-11-13-6-4-3-5-7-13/h3-7,12H,8-11H2,1-2H3,(H,17,19)(H,18,20). The van der Waals surface area contributed by atoms with E-state index in [0.29, 0.717) is 31.8 Å². The number of hydrogen-bond acceptors (Lipinski definition) is 2. The summed E-state index contributed by atoms with van der Waals surface area (Å²) in [7, 11) is 0. The molecule has 0 spiro atoms. The van der Waals surface area contributed by atoms with Crippen LogP contribution in [0.5, 0.6) is 0 Å². The molecule has 1 aromatic carbocycles. The van der Waals surface area contributed by atoms with E-state index in [0.717, 1.165) is 5.56 Å². The average Bonchev–Trinajstić information content (AvgIpc) is 3.25. The van der Waals surface area contributed by atoms with Gasteiger partial charge in [-0.25, -0.2) is 0 Å². The molecule has 0 heterocycles. The number of carbonyl (C=O) groups excluding carboxylic acids is 2. The summed E-state index contributed by atoms with van der Waals surface area (Å²) in [6.45, 7) is 5.16. The highest BCUT2D eigenvalue weighted by Crippen LogP contribution is 2.46. The van der Waals surface area contributed by atoms with E-state index in [1.165, 1.54) is 0 Å². The topological polar surface area (TPSA) is 58.2 Å². The summed E-state index contributed by atoms with van der Waals surface area (Å²) in [6.07, 6.45) is 1.30. The molecule has 2 amide bonds. The first-order valence-corrected chi connectivity index (χ1v) is 7.15. The summed E-state index contributed by atoms with van der Waals surface area (Å²) in [5.74, 6) is 0.113. The van der Waals surface area contributed by atoms with Gasteiger partial charge in [0.15, 0.2) is 0 Å². The summed E-state index contributed by atoms with van der Waals surface area (Å²) >= 11 is 0. The Morgan fingerprint density at radius 3 is 2.25 bits per heavy atom. The third kappa shape index (κ3) is 3.38. The first-order chi connectivity index (χ1) is 9.54. The molecule has 1 aliphatic rings. The fourth-order valence-electron chi connectivity index (χ4n) is 2.10. The van der Waals surface area contributed by atoms with E-state index in [9.17, 15) is 9.59 Å². The van der Waals surface area contributed by atoms with Crippen LogP contribution in [-0.4, -0.2) is 18.4 Å². The van der Waals surface area contributed by atoms with E-state index >= 15 is 0 Å². The first-order valence-electron chi connectivity index (χ1n) is 7.15. The van der Waals surface area contributed by atoms with E-state index in [4.69, 9.17) is 0 Å². The molecule has 4 heteroatoms. The van der Waals surface area contributed by atoms with Crippen molar-refractivity contribution in [3.8, 4) is 0 Å². The number of nitrogens with one attached hydrogen (secondary N) is 2. The molecule has 0 unspecified atom stereocenters. The zero-order chi connectivity index (χ0) is 14.6. The second-order valence-electron chi connectivity index (χ2n) is 5.85. The predicted molar refractivity (Wildman–Crippen MR) is 77.8 cm³/mol. The molecular formula is C16H22N2O2. The Morgan fingerprint density at radius 1 is 1.10 bits per heavy atom. The van der Waals surface area contributed by atoms with Crippen molar-refractivity contribution in [2.24, 2.45) is 11.3 Å². The molecule has 2 N–H and O–H groups in total. The molecule has 0 atom stereocenters. The van der Waals surface area contributed by atoms with E-state index in [2.05, 4.69) is 10.6 Å². The molecule has 1 fully saturated rings. The number of amides is 2. The molecule has 0 saturated heterocycles. The highest BCUT2D eigenvalue weighted by atomic mass is 16.2. The van der Waals surface area contributed by atoms with Gasteiger partial charge in [0.2, 0.25) is 11.8 Å². The van der Waals surface area contributed by atoms with Gasteiger partial charge in [0, 0.05) is 13.1 Å². The Morgan fingerprint density at radius 2 is 1.70 bits per heavy atom. The predicted octanol–water partition coefficient (Wildman–Crippen LogP) is 1.86. The quantitative estimate of drug-likeness (QED) is 0.778. The largest absolute Gasteiger partial charge is 0.355 e. The lowest BCUT2D eigenvalue weighted by molar-refractivity contribution is -0.137. The Hall–Kier alpha value is -1.84. The SMILES string of the molecule is CC(C)CNC(=O)C1(C(=O)NCc2ccccc2)CC1. The van der Waals surface area contributed by atoms with Crippen LogP contribution in [0.3, 0.4) is 0 Å². The van der Waals surface area contributed by atoms with Crippen LogP contribution in [0.2, 0.25) is 0 Å². The van der Waals surface area contributed by atoms with Gasteiger partial charge in [-0.15, -0.1) is 0 Å². The van der Waals surface area contributed by atoms with Gasteiger partial charge >= 0.3 is 0 Å². The lowest BCUT2D eigenvalue weighted by Crippen LogP contribution is -2.43. The van der Waals surface area contributed by atoms with Crippen LogP contribution in [0.25, 0.3) is 0 Å². The van der Waals surface area contributed by atoms with Crippen LogP contribution in [0, 0.1) is 11.3 Å². The maximum absolute atomic E-state index is 12.2. The molecule has 20 heavy (non-hydrogen) atoms. The van der Waals surface area contributed by atoms with Crippen molar-refractivity contribution in [1.29, 1.82) is 0 Å². The third-order valence-electron chi connectivity index (χ3n) is 3.59. The number of hydrogen-bond donors (Lipinski definition) is 2. The van der Waals surface area contributed by atoms with E-state index in [1.54, 1.807) is 0 Å². The van der Waals surface area contributed by atoms with Crippen molar-refractivity contribution in [3.05, 3.63) is 35.9 Å². The van der Waals surface area contributed by atoms with Gasteiger partial charge in [-0.1, -0.05) is 44.2 Å². The van der Waals surface area contributed by atoms with Gasteiger partial charge in [-0.2, -0.15) is 0 Å². The zero-order valence-electron chi connectivity index (χ0n) is 12.1. The van der Waals surface area contributed by atoms with Gasteiger partial charge in [0.05, 0.1) is 0 Å². The fraction of sp³-hybridized carbons (Fsp3) is 0.500. The van der Waals surface area contributed by atoms with Crippen LogP contribution in [0.4, 0.5) is 0 Å². The second kappa shape index (κ2) is 6.07. The Balaban J connectivity index is 1.87. The Labute approximate surface area is 119 Å².